The standard InChI is InChI=1S/2CH3O.2ClH.Ti/c2*1-2;;;/h2*1H3;2*1H;/q2*-1;;;+2. The monoisotopic (exact) mass is 182 g/mol. The zero-order valence-electron chi connectivity index (χ0n) is 4.13. The second-order valence-corrected chi connectivity index (χ2v) is 2.03. The Morgan fingerprint density at radius 3 is 1.29 bits per heavy atom. The molecule has 0 fully saturated rings. The molecule has 0 aromatic heterocycles. The molecule has 0 N–H and O–H groups in total. The van der Waals surface area contributed by atoms with Crippen LogP contribution in [0.3, 0.4) is 0 Å². The molecule has 0 radical (unpaired) electrons. The minimum absolute atomic E-state index is 0. The molecule has 0 aliphatic carbocycles. The van der Waals surface area contributed by atoms with Crippen LogP contribution >= 0.6 is 24.8 Å². The maximum absolute atomic E-state index is 4.59. The normalized spacial score (nSPS) is 5.43. The summed E-state index contributed by atoms with van der Waals surface area (Å²) in [6.45, 7) is 0. The average Bonchev–Trinajstić information content (AvgIpc) is 1.41. The quantitative estimate of drug-likeness (QED) is 0.595. The molecule has 0 amide bonds. The van der Waals surface area contributed by atoms with Gasteiger partial charge < -0.3 is 0 Å². The van der Waals surface area contributed by atoms with Gasteiger partial charge in [-0.2, -0.15) is 0 Å². The third-order valence-corrected chi connectivity index (χ3v) is 0.687. The molecule has 0 bridgehead atoms. The first-order chi connectivity index (χ1) is 2.41. The van der Waals surface area contributed by atoms with Crippen molar-refractivity contribution in [2.45, 2.75) is 0 Å². The topological polar surface area (TPSA) is 18.5 Å². The van der Waals surface area contributed by atoms with Crippen molar-refractivity contribution in [1.82, 2.24) is 0 Å². The molecular formula is C2H8Cl2O2Ti. The summed E-state index contributed by atoms with van der Waals surface area (Å²) in [5.74, 6) is 0. The van der Waals surface area contributed by atoms with E-state index in [2.05, 4.69) is 6.64 Å². The molecule has 0 atom stereocenters. The van der Waals surface area contributed by atoms with Crippen molar-refractivity contribution < 1.29 is 26.6 Å². The van der Waals surface area contributed by atoms with E-state index in [1.165, 1.54) is 0 Å². The van der Waals surface area contributed by atoms with Crippen LogP contribution in [0, 0.1) is 0 Å². The third-order valence-electron chi connectivity index (χ3n) is 0.167. The van der Waals surface area contributed by atoms with Crippen LogP contribution in [-0.4, -0.2) is 14.2 Å². The van der Waals surface area contributed by atoms with Crippen LogP contribution in [0.15, 0.2) is 0 Å². The largest absolute Gasteiger partial charge is 0.147 e. The maximum atomic E-state index is 4.59. The van der Waals surface area contributed by atoms with Crippen molar-refractivity contribution in [2.75, 3.05) is 14.2 Å². The van der Waals surface area contributed by atoms with Gasteiger partial charge >= 0.3 is 40.8 Å². The Bertz CT molecular complexity index is 21.2. The molecule has 0 heterocycles. The SMILES string of the molecule is C[O][Ti][O]C.Cl.Cl. The summed E-state index contributed by atoms with van der Waals surface area (Å²) in [5.41, 5.74) is 0. The molecule has 0 aliphatic heterocycles. The third kappa shape index (κ3) is 19.0. The smallest absolute Gasteiger partial charge is 0.147 e. The Morgan fingerprint density at radius 1 is 1.00 bits per heavy atom. The van der Waals surface area contributed by atoms with Crippen LogP contribution in [0.1, 0.15) is 0 Å². The minimum atomic E-state index is -0.472. The fourth-order valence-corrected chi connectivity index (χ4v) is 0.344. The van der Waals surface area contributed by atoms with Gasteiger partial charge in [0, 0.05) is 0 Å². The van der Waals surface area contributed by atoms with E-state index < -0.39 is 19.9 Å². The van der Waals surface area contributed by atoms with Crippen LogP contribution in [0.4, 0.5) is 0 Å². The van der Waals surface area contributed by atoms with Crippen LogP contribution < -0.4 is 0 Å². The van der Waals surface area contributed by atoms with Crippen molar-refractivity contribution in [1.29, 1.82) is 0 Å². The Kier molecular flexibility index (Phi) is 35.2. The van der Waals surface area contributed by atoms with E-state index in [4.69, 9.17) is 0 Å². The van der Waals surface area contributed by atoms with Gasteiger partial charge in [0.15, 0.2) is 0 Å². The van der Waals surface area contributed by atoms with Crippen molar-refractivity contribution in [3.05, 3.63) is 0 Å². The molecule has 0 aromatic rings. The number of halogens is 2. The number of rotatable bonds is 2. The minimum Gasteiger partial charge on any atom is -0.147 e. The first kappa shape index (κ1) is 15.7. The van der Waals surface area contributed by atoms with Gasteiger partial charge in [0.2, 0.25) is 0 Å². The van der Waals surface area contributed by atoms with Gasteiger partial charge in [-0.1, -0.05) is 0 Å². The molecular weight excluding hydrogens is 175 g/mol. The van der Waals surface area contributed by atoms with Gasteiger partial charge in [0.1, 0.15) is 0 Å². The van der Waals surface area contributed by atoms with Gasteiger partial charge in [-0.3, -0.25) is 0 Å². The molecule has 0 aliphatic rings. The Labute approximate surface area is 65.6 Å². The van der Waals surface area contributed by atoms with E-state index in [1.54, 1.807) is 14.2 Å². The fourth-order valence-electron chi connectivity index (χ4n) is 0.0833. The van der Waals surface area contributed by atoms with E-state index >= 15 is 0 Å². The van der Waals surface area contributed by atoms with Crippen LogP contribution in [0.2, 0.25) is 0 Å². The molecule has 0 rings (SSSR count). The van der Waals surface area contributed by atoms with Crippen molar-refractivity contribution in [3.63, 3.8) is 0 Å². The van der Waals surface area contributed by atoms with Gasteiger partial charge in [-0.15, -0.1) is 24.8 Å². The Morgan fingerprint density at radius 2 is 1.29 bits per heavy atom. The summed E-state index contributed by atoms with van der Waals surface area (Å²) in [6, 6.07) is 0. The Balaban J connectivity index is -0.0000000800. The zero-order chi connectivity index (χ0) is 4.12. The van der Waals surface area contributed by atoms with Gasteiger partial charge in [-0.05, 0) is 0 Å². The zero-order valence-corrected chi connectivity index (χ0v) is 7.33. The molecule has 0 unspecified atom stereocenters. The molecule has 0 saturated carbocycles. The van der Waals surface area contributed by atoms with E-state index in [0.717, 1.165) is 0 Å². The van der Waals surface area contributed by atoms with Gasteiger partial charge in [0.05, 0.1) is 0 Å². The molecule has 0 spiro atoms. The predicted octanol–water partition coefficient (Wildman–Crippen LogP) is 1.04. The summed E-state index contributed by atoms with van der Waals surface area (Å²) >= 11 is -0.472. The maximum Gasteiger partial charge on any atom is -0.147 e. The summed E-state index contributed by atoms with van der Waals surface area (Å²) in [7, 11) is 3.28. The van der Waals surface area contributed by atoms with Crippen molar-refractivity contribution in [2.24, 2.45) is 0 Å². The second kappa shape index (κ2) is 15.7. The van der Waals surface area contributed by atoms with Gasteiger partial charge in [0.25, 0.3) is 0 Å². The fraction of sp³-hybridized carbons (Fsp3) is 1.00. The van der Waals surface area contributed by atoms with Crippen molar-refractivity contribution >= 4 is 24.8 Å². The van der Waals surface area contributed by atoms with Gasteiger partial charge in [-0.25, -0.2) is 0 Å². The molecule has 0 aromatic carbocycles. The number of hydrogen-bond donors (Lipinski definition) is 0. The summed E-state index contributed by atoms with van der Waals surface area (Å²) < 4.78 is 9.19. The average molecular weight is 183 g/mol. The summed E-state index contributed by atoms with van der Waals surface area (Å²) in [4.78, 5) is 0. The van der Waals surface area contributed by atoms with Crippen LogP contribution in [-0.2, 0) is 26.6 Å². The Hall–Kier alpha value is 1.21. The van der Waals surface area contributed by atoms with E-state index in [-0.39, 0.29) is 24.8 Å². The van der Waals surface area contributed by atoms with E-state index in [9.17, 15) is 0 Å². The molecule has 2 nitrogen and oxygen atoms in total. The summed E-state index contributed by atoms with van der Waals surface area (Å²) in [5, 5.41) is 0. The van der Waals surface area contributed by atoms with Crippen molar-refractivity contribution in [3.8, 4) is 0 Å². The van der Waals surface area contributed by atoms with Crippen LogP contribution in [0.5, 0.6) is 0 Å². The predicted molar refractivity (Wildman–Crippen MR) is 28.5 cm³/mol. The van der Waals surface area contributed by atoms with Crippen LogP contribution in [0.25, 0.3) is 0 Å². The molecule has 0 saturated heterocycles. The molecule has 46 valence electrons. The second-order valence-electron chi connectivity index (χ2n) is 0.492. The first-order valence-corrected chi connectivity index (χ1v) is 2.50. The van der Waals surface area contributed by atoms with E-state index in [0.29, 0.717) is 0 Å². The summed E-state index contributed by atoms with van der Waals surface area (Å²) in [6.07, 6.45) is 0. The van der Waals surface area contributed by atoms with E-state index in [1.807, 2.05) is 0 Å². The molecule has 5 heteroatoms. The first-order valence-electron chi connectivity index (χ1n) is 1.22. The molecule has 7 heavy (non-hydrogen) atoms. The number of hydrogen-bond acceptors (Lipinski definition) is 2.